The van der Waals surface area contributed by atoms with Crippen LogP contribution in [0.2, 0.25) is 0 Å². The topological polar surface area (TPSA) is 57.2 Å². The molecule has 2 unspecified atom stereocenters. The van der Waals surface area contributed by atoms with Gasteiger partial charge in [0.15, 0.2) is 0 Å². The first-order chi connectivity index (χ1) is 10.5. The van der Waals surface area contributed by atoms with Crippen molar-refractivity contribution in [3.63, 3.8) is 0 Å². The molecule has 1 aromatic carbocycles. The van der Waals surface area contributed by atoms with Gasteiger partial charge in [-0.05, 0) is 50.1 Å². The first-order valence-electron chi connectivity index (χ1n) is 7.61. The van der Waals surface area contributed by atoms with Crippen molar-refractivity contribution in [3.05, 3.63) is 63.6 Å². The first kappa shape index (κ1) is 16.3. The van der Waals surface area contributed by atoms with E-state index in [0.29, 0.717) is 5.56 Å². The molecular weight excluding hydrogens is 276 g/mol. The molecule has 2 rings (SSSR count). The average Bonchev–Trinajstić information content (AvgIpc) is 2.54. The van der Waals surface area contributed by atoms with Crippen molar-refractivity contribution in [2.24, 2.45) is 5.73 Å². The third-order valence-corrected chi connectivity index (χ3v) is 4.19. The molecule has 2 N–H and O–H groups in total. The normalized spacial score (nSPS) is 13.7. The molecule has 0 saturated carbocycles. The SMILES string of the molecule is CCC(C)n1c(C)ccc(C(N)c2ccc(OC)cc2)c1=O. The van der Waals surface area contributed by atoms with Crippen LogP contribution >= 0.6 is 0 Å². The van der Waals surface area contributed by atoms with Crippen LogP contribution in [0.3, 0.4) is 0 Å². The standard InChI is InChI=1S/C18H24N2O2/c1-5-12(2)20-13(3)6-11-16(18(20)21)17(19)14-7-9-15(22-4)10-8-14/h6-12,17H,5,19H2,1-4H3. The van der Waals surface area contributed by atoms with E-state index in [2.05, 4.69) is 13.8 Å². The highest BCUT2D eigenvalue weighted by Gasteiger charge is 2.17. The monoisotopic (exact) mass is 300 g/mol. The smallest absolute Gasteiger partial charge is 0.256 e. The van der Waals surface area contributed by atoms with Gasteiger partial charge in [-0.3, -0.25) is 4.79 Å². The van der Waals surface area contributed by atoms with Gasteiger partial charge in [0.05, 0.1) is 13.2 Å². The zero-order valence-corrected chi connectivity index (χ0v) is 13.7. The molecule has 118 valence electrons. The number of ether oxygens (including phenoxy) is 1. The van der Waals surface area contributed by atoms with Gasteiger partial charge in [0.1, 0.15) is 5.75 Å². The summed E-state index contributed by atoms with van der Waals surface area (Å²) >= 11 is 0. The van der Waals surface area contributed by atoms with Crippen molar-refractivity contribution < 1.29 is 4.74 Å². The second-order valence-corrected chi connectivity index (χ2v) is 5.61. The molecular formula is C18H24N2O2. The van der Waals surface area contributed by atoms with Crippen molar-refractivity contribution in [2.45, 2.75) is 39.3 Å². The molecule has 0 aliphatic carbocycles. The summed E-state index contributed by atoms with van der Waals surface area (Å²) < 4.78 is 6.98. The number of nitrogens with zero attached hydrogens (tertiary/aromatic N) is 1. The number of hydrogen-bond donors (Lipinski definition) is 1. The Morgan fingerprint density at radius 3 is 2.36 bits per heavy atom. The maximum Gasteiger partial charge on any atom is 0.256 e. The number of aryl methyl sites for hydroxylation is 1. The second kappa shape index (κ2) is 6.79. The minimum Gasteiger partial charge on any atom is -0.497 e. The lowest BCUT2D eigenvalue weighted by Gasteiger charge is -2.20. The Morgan fingerprint density at radius 1 is 1.18 bits per heavy atom. The van der Waals surface area contributed by atoms with E-state index in [9.17, 15) is 4.79 Å². The number of rotatable bonds is 5. The lowest BCUT2D eigenvalue weighted by molar-refractivity contribution is 0.414. The number of benzene rings is 1. The molecule has 0 amide bonds. The van der Waals surface area contributed by atoms with E-state index in [0.717, 1.165) is 23.4 Å². The predicted molar refractivity (Wildman–Crippen MR) is 89.5 cm³/mol. The van der Waals surface area contributed by atoms with E-state index in [1.807, 2.05) is 47.9 Å². The van der Waals surface area contributed by atoms with E-state index in [1.54, 1.807) is 7.11 Å². The second-order valence-electron chi connectivity index (χ2n) is 5.61. The predicted octanol–water partition coefficient (Wildman–Crippen LogP) is 3.18. The number of aromatic nitrogens is 1. The number of hydrogen-bond acceptors (Lipinski definition) is 3. The maximum atomic E-state index is 12.8. The van der Waals surface area contributed by atoms with Crippen molar-refractivity contribution in [3.8, 4) is 5.75 Å². The van der Waals surface area contributed by atoms with Gasteiger partial charge >= 0.3 is 0 Å². The highest BCUT2D eigenvalue weighted by Crippen LogP contribution is 2.21. The molecule has 0 bridgehead atoms. The molecule has 0 aliphatic heterocycles. The van der Waals surface area contributed by atoms with E-state index in [4.69, 9.17) is 10.5 Å². The fourth-order valence-electron chi connectivity index (χ4n) is 2.62. The van der Waals surface area contributed by atoms with Gasteiger partial charge in [-0.1, -0.05) is 19.1 Å². The summed E-state index contributed by atoms with van der Waals surface area (Å²) in [6.07, 6.45) is 0.905. The molecule has 2 atom stereocenters. The first-order valence-corrected chi connectivity index (χ1v) is 7.61. The van der Waals surface area contributed by atoms with Crippen molar-refractivity contribution >= 4 is 0 Å². The van der Waals surface area contributed by atoms with Crippen molar-refractivity contribution in [1.29, 1.82) is 0 Å². The fourth-order valence-corrected chi connectivity index (χ4v) is 2.62. The van der Waals surface area contributed by atoms with Crippen LogP contribution in [0.4, 0.5) is 0 Å². The van der Waals surface area contributed by atoms with Crippen LogP contribution in [0.25, 0.3) is 0 Å². The van der Waals surface area contributed by atoms with Crippen LogP contribution in [-0.2, 0) is 0 Å². The molecule has 0 aliphatic rings. The van der Waals surface area contributed by atoms with Gasteiger partial charge < -0.3 is 15.0 Å². The molecule has 0 spiro atoms. The zero-order valence-electron chi connectivity index (χ0n) is 13.7. The molecule has 4 nitrogen and oxygen atoms in total. The Morgan fingerprint density at radius 2 is 1.82 bits per heavy atom. The zero-order chi connectivity index (χ0) is 16.3. The van der Waals surface area contributed by atoms with Gasteiger partial charge in [0.2, 0.25) is 0 Å². The summed E-state index contributed by atoms with van der Waals surface area (Å²) in [5, 5.41) is 0. The Balaban J connectivity index is 2.45. The third-order valence-electron chi connectivity index (χ3n) is 4.19. The van der Waals surface area contributed by atoms with Crippen LogP contribution in [0.15, 0.2) is 41.2 Å². The molecule has 0 saturated heterocycles. The molecule has 1 heterocycles. The maximum absolute atomic E-state index is 12.8. The average molecular weight is 300 g/mol. The Bertz CT molecular complexity index is 689. The van der Waals surface area contributed by atoms with Gasteiger partial charge in [-0.2, -0.15) is 0 Å². The van der Waals surface area contributed by atoms with E-state index in [-0.39, 0.29) is 11.6 Å². The van der Waals surface area contributed by atoms with Crippen LogP contribution < -0.4 is 16.0 Å². The Kier molecular flexibility index (Phi) is 5.03. The van der Waals surface area contributed by atoms with Gasteiger partial charge in [0, 0.05) is 17.3 Å². The fraction of sp³-hybridized carbons (Fsp3) is 0.389. The summed E-state index contributed by atoms with van der Waals surface area (Å²) in [5.41, 5.74) is 8.80. The molecule has 2 aromatic rings. The number of methoxy groups -OCH3 is 1. The number of pyridine rings is 1. The van der Waals surface area contributed by atoms with Crippen LogP contribution in [0.5, 0.6) is 5.75 Å². The van der Waals surface area contributed by atoms with Crippen LogP contribution in [-0.4, -0.2) is 11.7 Å². The number of nitrogens with two attached hydrogens (primary N) is 1. The minimum absolute atomic E-state index is 0.00216. The lowest BCUT2D eigenvalue weighted by atomic mass is 10.00. The van der Waals surface area contributed by atoms with Crippen LogP contribution in [0.1, 0.15) is 49.2 Å². The quantitative estimate of drug-likeness (QED) is 0.922. The van der Waals surface area contributed by atoms with Gasteiger partial charge in [-0.15, -0.1) is 0 Å². The lowest BCUT2D eigenvalue weighted by Crippen LogP contribution is -2.31. The Hall–Kier alpha value is -2.07. The van der Waals surface area contributed by atoms with Crippen molar-refractivity contribution in [2.75, 3.05) is 7.11 Å². The Labute approximate surface area is 131 Å². The van der Waals surface area contributed by atoms with E-state index < -0.39 is 6.04 Å². The summed E-state index contributed by atoms with van der Waals surface area (Å²) in [5.74, 6) is 0.775. The van der Waals surface area contributed by atoms with Crippen LogP contribution in [0, 0.1) is 6.92 Å². The van der Waals surface area contributed by atoms with Gasteiger partial charge in [0.25, 0.3) is 5.56 Å². The molecule has 0 radical (unpaired) electrons. The largest absolute Gasteiger partial charge is 0.497 e. The van der Waals surface area contributed by atoms with E-state index >= 15 is 0 Å². The summed E-state index contributed by atoms with van der Waals surface area (Å²) in [6, 6.07) is 11.0. The summed E-state index contributed by atoms with van der Waals surface area (Å²) in [7, 11) is 1.62. The third kappa shape index (κ3) is 3.07. The summed E-state index contributed by atoms with van der Waals surface area (Å²) in [4.78, 5) is 12.8. The molecule has 22 heavy (non-hydrogen) atoms. The highest BCUT2D eigenvalue weighted by atomic mass is 16.5. The molecule has 1 aromatic heterocycles. The highest BCUT2D eigenvalue weighted by molar-refractivity contribution is 5.34. The van der Waals surface area contributed by atoms with Gasteiger partial charge in [-0.25, -0.2) is 0 Å². The van der Waals surface area contributed by atoms with Crippen molar-refractivity contribution in [1.82, 2.24) is 4.57 Å². The molecule has 0 fully saturated rings. The summed E-state index contributed by atoms with van der Waals surface area (Å²) in [6.45, 7) is 6.08. The minimum atomic E-state index is -0.436. The molecule has 4 heteroatoms. The van der Waals surface area contributed by atoms with E-state index in [1.165, 1.54) is 0 Å².